The summed E-state index contributed by atoms with van der Waals surface area (Å²) in [6, 6.07) is 12.1. The van der Waals surface area contributed by atoms with Crippen LogP contribution in [0.4, 0.5) is 0 Å². The molecule has 2 aliphatic rings. The SMILES string of the molecule is CN=C(N)N1CCC2CCC(C1)N2Cc1ccccc1. The van der Waals surface area contributed by atoms with E-state index in [-0.39, 0.29) is 0 Å². The Kier molecular flexibility index (Phi) is 3.92. The standard InChI is InChI=1S/C16H24N4/c1-18-16(17)19-10-9-14-7-8-15(12-19)20(14)11-13-5-3-2-4-6-13/h2-6,14-15H,7-12H2,1H3,(H2,17,18). The van der Waals surface area contributed by atoms with Gasteiger partial charge in [-0.05, 0) is 24.8 Å². The Morgan fingerprint density at radius 1 is 1.20 bits per heavy atom. The number of guanidine groups is 1. The molecule has 20 heavy (non-hydrogen) atoms. The molecule has 108 valence electrons. The van der Waals surface area contributed by atoms with Crippen LogP contribution in [0.3, 0.4) is 0 Å². The second kappa shape index (κ2) is 5.83. The summed E-state index contributed by atoms with van der Waals surface area (Å²) in [7, 11) is 1.78. The highest BCUT2D eigenvalue weighted by molar-refractivity contribution is 5.78. The fourth-order valence-electron chi connectivity index (χ4n) is 3.57. The Hall–Kier alpha value is -1.55. The summed E-state index contributed by atoms with van der Waals surface area (Å²) in [5, 5.41) is 0. The van der Waals surface area contributed by atoms with Gasteiger partial charge in [0.2, 0.25) is 0 Å². The zero-order chi connectivity index (χ0) is 13.9. The molecule has 2 bridgehead atoms. The van der Waals surface area contributed by atoms with Gasteiger partial charge in [-0.2, -0.15) is 0 Å². The molecule has 1 aromatic carbocycles. The molecule has 0 spiro atoms. The van der Waals surface area contributed by atoms with Crippen LogP contribution in [-0.2, 0) is 6.54 Å². The lowest BCUT2D eigenvalue weighted by Gasteiger charge is -2.29. The van der Waals surface area contributed by atoms with Gasteiger partial charge in [-0.15, -0.1) is 0 Å². The first-order valence-corrected chi connectivity index (χ1v) is 7.55. The summed E-state index contributed by atoms with van der Waals surface area (Å²) >= 11 is 0. The number of likely N-dealkylation sites (tertiary alicyclic amines) is 1. The smallest absolute Gasteiger partial charge is 0.191 e. The van der Waals surface area contributed by atoms with Crippen LogP contribution in [0.2, 0.25) is 0 Å². The molecule has 2 saturated heterocycles. The number of aliphatic imine (C=N–C) groups is 1. The molecular formula is C16H24N4. The molecule has 2 fully saturated rings. The van der Waals surface area contributed by atoms with Gasteiger partial charge in [0.15, 0.2) is 5.96 Å². The lowest BCUT2D eigenvalue weighted by molar-refractivity contribution is 0.188. The van der Waals surface area contributed by atoms with Crippen molar-refractivity contribution >= 4 is 5.96 Å². The average molecular weight is 272 g/mol. The number of fused-ring (bicyclic) bond motifs is 2. The van der Waals surface area contributed by atoms with Gasteiger partial charge in [-0.25, -0.2) is 0 Å². The summed E-state index contributed by atoms with van der Waals surface area (Å²) < 4.78 is 0. The van der Waals surface area contributed by atoms with Crippen LogP contribution >= 0.6 is 0 Å². The number of nitrogens with zero attached hydrogens (tertiary/aromatic N) is 3. The summed E-state index contributed by atoms with van der Waals surface area (Å²) in [5.74, 6) is 0.692. The molecule has 3 rings (SSSR count). The van der Waals surface area contributed by atoms with Crippen molar-refractivity contribution in [3.8, 4) is 0 Å². The first-order chi connectivity index (χ1) is 9.78. The molecular weight excluding hydrogens is 248 g/mol. The molecule has 2 aliphatic heterocycles. The second-order valence-corrected chi connectivity index (χ2v) is 5.86. The van der Waals surface area contributed by atoms with Gasteiger partial charge in [0.25, 0.3) is 0 Å². The fourth-order valence-corrected chi connectivity index (χ4v) is 3.57. The summed E-state index contributed by atoms with van der Waals surface area (Å²) in [5.41, 5.74) is 7.42. The number of rotatable bonds is 2. The van der Waals surface area contributed by atoms with Gasteiger partial charge >= 0.3 is 0 Å². The second-order valence-electron chi connectivity index (χ2n) is 5.86. The molecule has 2 heterocycles. The van der Waals surface area contributed by atoms with Gasteiger partial charge in [-0.1, -0.05) is 30.3 Å². The van der Waals surface area contributed by atoms with Gasteiger partial charge in [0, 0.05) is 38.8 Å². The molecule has 2 atom stereocenters. The maximum atomic E-state index is 6.00. The highest BCUT2D eigenvalue weighted by atomic mass is 15.3. The van der Waals surface area contributed by atoms with Gasteiger partial charge in [0.05, 0.1) is 0 Å². The molecule has 4 nitrogen and oxygen atoms in total. The number of hydrogen-bond acceptors (Lipinski definition) is 2. The van der Waals surface area contributed by atoms with E-state index in [0.717, 1.165) is 19.6 Å². The molecule has 0 aliphatic carbocycles. The highest BCUT2D eigenvalue weighted by Crippen LogP contribution is 2.31. The van der Waals surface area contributed by atoms with Crippen LogP contribution in [0.1, 0.15) is 24.8 Å². The van der Waals surface area contributed by atoms with Crippen molar-refractivity contribution in [3.05, 3.63) is 35.9 Å². The maximum Gasteiger partial charge on any atom is 0.191 e. The first-order valence-electron chi connectivity index (χ1n) is 7.55. The predicted molar refractivity (Wildman–Crippen MR) is 82.5 cm³/mol. The fraction of sp³-hybridized carbons (Fsp3) is 0.562. The van der Waals surface area contributed by atoms with Crippen molar-refractivity contribution in [2.24, 2.45) is 10.7 Å². The molecule has 1 aromatic rings. The highest BCUT2D eigenvalue weighted by Gasteiger charge is 2.37. The van der Waals surface area contributed by atoms with Crippen LogP contribution in [0.5, 0.6) is 0 Å². The zero-order valence-corrected chi connectivity index (χ0v) is 12.2. The van der Waals surface area contributed by atoms with Crippen LogP contribution in [-0.4, -0.2) is 48.0 Å². The molecule has 2 unspecified atom stereocenters. The number of benzene rings is 1. The number of nitrogens with two attached hydrogens (primary N) is 1. The quantitative estimate of drug-likeness (QED) is 0.658. The van der Waals surface area contributed by atoms with E-state index in [1.165, 1.54) is 24.8 Å². The van der Waals surface area contributed by atoms with Gasteiger partial charge in [0.1, 0.15) is 0 Å². The van der Waals surface area contributed by atoms with E-state index in [0.29, 0.717) is 18.0 Å². The summed E-state index contributed by atoms with van der Waals surface area (Å²) in [6.45, 7) is 3.12. The first kappa shape index (κ1) is 13.4. The topological polar surface area (TPSA) is 44.9 Å². The van der Waals surface area contributed by atoms with Crippen molar-refractivity contribution in [1.29, 1.82) is 0 Å². The molecule has 0 saturated carbocycles. The molecule has 0 radical (unpaired) electrons. The summed E-state index contributed by atoms with van der Waals surface area (Å²) in [6.07, 6.45) is 3.80. The van der Waals surface area contributed by atoms with Crippen LogP contribution in [0.25, 0.3) is 0 Å². The Morgan fingerprint density at radius 3 is 2.70 bits per heavy atom. The minimum atomic E-state index is 0.614. The van der Waals surface area contributed by atoms with Crippen LogP contribution < -0.4 is 5.73 Å². The van der Waals surface area contributed by atoms with Crippen molar-refractivity contribution in [3.63, 3.8) is 0 Å². The van der Waals surface area contributed by atoms with Gasteiger partial charge in [-0.3, -0.25) is 9.89 Å². The molecule has 0 aromatic heterocycles. The normalized spacial score (nSPS) is 27.6. The Labute approximate surface area is 121 Å². The average Bonchev–Trinajstić information content (AvgIpc) is 2.74. The Balaban J connectivity index is 1.73. The van der Waals surface area contributed by atoms with Crippen molar-refractivity contribution in [2.45, 2.75) is 37.9 Å². The van der Waals surface area contributed by atoms with E-state index >= 15 is 0 Å². The summed E-state index contributed by atoms with van der Waals surface area (Å²) in [4.78, 5) is 9.08. The van der Waals surface area contributed by atoms with E-state index in [9.17, 15) is 0 Å². The minimum absolute atomic E-state index is 0.614. The zero-order valence-electron chi connectivity index (χ0n) is 12.2. The van der Waals surface area contributed by atoms with Gasteiger partial charge < -0.3 is 10.6 Å². The third kappa shape index (κ3) is 2.66. The van der Waals surface area contributed by atoms with Crippen LogP contribution in [0, 0.1) is 0 Å². The Bertz CT molecular complexity index is 471. The lowest BCUT2D eigenvalue weighted by atomic mass is 10.1. The largest absolute Gasteiger partial charge is 0.370 e. The third-order valence-electron chi connectivity index (χ3n) is 4.70. The third-order valence-corrected chi connectivity index (χ3v) is 4.70. The van der Waals surface area contributed by atoms with Crippen molar-refractivity contribution in [2.75, 3.05) is 20.1 Å². The van der Waals surface area contributed by atoms with E-state index < -0.39 is 0 Å². The Morgan fingerprint density at radius 2 is 1.95 bits per heavy atom. The molecule has 2 N–H and O–H groups in total. The van der Waals surface area contributed by atoms with Crippen molar-refractivity contribution in [1.82, 2.24) is 9.80 Å². The monoisotopic (exact) mass is 272 g/mol. The van der Waals surface area contributed by atoms with E-state index in [4.69, 9.17) is 5.73 Å². The van der Waals surface area contributed by atoms with E-state index in [2.05, 4.69) is 45.1 Å². The minimum Gasteiger partial charge on any atom is -0.370 e. The predicted octanol–water partition coefficient (Wildman–Crippen LogP) is 1.67. The van der Waals surface area contributed by atoms with Crippen LogP contribution in [0.15, 0.2) is 35.3 Å². The van der Waals surface area contributed by atoms with E-state index in [1.807, 2.05) is 0 Å². The van der Waals surface area contributed by atoms with Crippen molar-refractivity contribution < 1.29 is 0 Å². The molecule has 0 amide bonds. The van der Waals surface area contributed by atoms with E-state index in [1.54, 1.807) is 7.05 Å². The number of hydrogen-bond donors (Lipinski definition) is 1. The maximum absolute atomic E-state index is 6.00. The molecule has 4 heteroatoms. The lowest BCUT2D eigenvalue weighted by Crippen LogP contribution is -2.43.